The molecule has 5 rings (SSSR count). The van der Waals surface area contributed by atoms with Gasteiger partial charge in [-0.15, -0.1) is 11.3 Å². The van der Waals surface area contributed by atoms with Crippen molar-refractivity contribution in [2.45, 2.75) is 45.1 Å². The molecule has 10 heteroatoms. The number of aliphatic imine (C=N–C) groups is 1. The molecule has 2 amide bonds. The molecule has 0 spiro atoms. The van der Waals surface area contributed by atoms with E-state index in [1.54, 1.807) is 11.1 Å². The van der Waals surface area contributed by atoms with Crippen molar-refractivity contribution in [3.63, 3.8) is 0 Å². The fourth-order valence-corrected chi connectivity index (χ4v) is 5.15. The maximum absolute atomic E-state index is 13.4. The summed E-state index contributed by atoms with van der Waals surface area (Å²) in [4.78, 5) is 38.8. The number of nitrogens with zero attached hydrogens (tertiary/aromatic N) is 4. The summed E-state index contributed by atoms with van der Waals surface area (Å²) in [6, 6.07) is 7.23. The quantitative estimate of drug-likeness (QED) is 0.409. The maximum Gasteiger partial charge on any atom is 0.247 e. The molecule has 2 aromatic heterocycles. The molecule has 35 heavy (non-hydrogen) atoms. The van der Waals surface area contributed by atoms with Crippen LogP contribution in [0.1, 0.15) is 37.9 Å². The zero-order chi connectivity index (χ0) is 24.2. The third-order valence-corrected chi connectivity index (χ3v) is 7.07. The summed E-state index contributed by atoms with van der Waals surface area (Å²) >= 11 is 1.45. The Balaban J connectivity index is 1.37. The molecule has 2 N–H and O–H groups in total. The van der Waals surface area contributed by atoms with Gasteiger partial charge in [0.2, 0.25) is 17.8 Å². The average Bonchev–Trinajstić information content (AvgIpc) is 3.59. The number of hydrogen-bond acceptors (Lipinski definition) is 6. The predicted octanol–water partition coefficient (Wildman–Crippen LogP) is 4.08. The van der Waals surface area contributed by atoms with Crippen LogP contribution in [-0.4, -0.2) is 64.8 Å². The van der Waals surface area contributed by atoms with E-state index in [1.165, 1.54) is 11.3 Å². The monoisotopic (exact) mass is 494 g/mol. The molecule has 3 aromatic rings. The van der Waals surface area contributed by atoms with Crippen LogP contribution in [-0.2, 0) is 9.59 Å². The minimum Gasteiger partial charge on any atom is -0.461 e. The summed E-state index contributed by atoms with van der Waals surface area (Å²) in [5.74, 6) is 1.23. The zero-order valence-electron chi connectivity index (χ0n) is 19.8. The summed E-state index contributed by atoms with van der Waals surface area (Å²) in [6.45, 7) is 4.21. The lowest BCUT2D eigenvalue weighted by Gasteiger charge is -2.25. The Kier molecular flexibility index (Phi) is 6.98. The number of guanidine groups is 1. The molecule has 4 heterocycles. The lowest BCUT2D eigenvalue weighted by atomic mass is 10.1. The maximum atomic E-state index is 13.4. The van der Waals surface area contributed by atoms with Crippen LogP contribution >= 0.6 is 11.3 Å². The van der Waals surface area contributed by atoms with Gasteiger partial charge in [-0.25, -0.2) is 9.98 Å². The van der Waals surface area contributed by atoms with Gasteiger partial charge in [-0.05, 0) is 63.3 Å². The number of carbonyl (C=O) groups excluding carboxylic acids is 2. The van der Waals surface area contributed by atoms with Gasteiger partial charge in [0.05, 0.1) is 6.54 Å². The van der Waals surface area contributed by atoms with E-state index in [9.17, 15) is 9.59 Å². The van der Waals surface area contributed by atoms with Gasteiger partial charge in [-0.3, -0.25) is 9.59 Å². The highest BCUT2D eigenvalue weighted by Crippen LogP contribution is 2.24. The Morgan fingerprint density at radius 2 is 2.00 bits per heavy atom. The second kappa shape index (κ2) is 10.5. The number of amides is 2. The first-order valence-electron chi connectivity index (χ1n) is 12.1. The second-order valence-electron chi connectivity index (χ2n) is 9.03. The number of rotatable bonds is 5. The topological polar surface area (TPSA) is 103 Å². The predicted molar refractivity (Wildman–Crippen MR) is 138 cm³/mol. The number of thiazole rings is 1. The van der Waals surface area contributed by atoms with E-state index in [0.717, 1.165) is 61.2 Å². The molecule has 2 fully saturated rings. The van der Waals surface area contributed by atoms with Gasteiger partial charge in [-0.1, -0.05) is 0 Å². The van der Waals surface area contributed by atoms with E-state index in [2.05, 4.69) is 15.6 Å². The van der Waals surface area contributed by atoms with Crippen LogP contribution in [0, 0.1) is 6.92 Å². The molecule has 2 aliphatic heterocycles. The highest BCUT2D eigenvalue weighted by Gasteiger charge is 2.30. The Bertz CT molecular complexity index is 1220. The number of furan rings is 1. The highest BCUT2D eigenvalue weighted by molar-refractivity contribution is 7.13. The third kappa shape index (κ3) is 5.64. The first kappa shape index (κ1) is 23.3. The molecule has 2 saturated heterocycles. The van der Waals surface area contributed by atoms with E-state index in [-0.39, 0.29) is 18.4 Å². The first-order valence-corrected chi connectivity index (χ1v) is 13.0. The average molecular weight is 495 g/mol. The molecule has 1 atom stereocenters. The van der Waals surface area contributed by atoms with Crippen LogP contribution in [0.2, 0.25) is 0 Å². The van der Waals surface area contributed by atoms with E-state index in [1.807, 2.05) is 41.5 Å². The molecule has 0 unspecified atom stereocenters. The fraction of sp³-hybridized carbons (Fsp3) is 0.440. The lowest BCUT2D eigenvalue weighted by Crippen LogP contribution is -2.45. The van der Waals surface area contributed by atoms with E-state index in [0.29, 0.717) is 24.1 Å². The minimum absolute atomic E-state index is 0.0310. The summed E-state index contributed by atoms with van der Waals surface area (Å²) in [5, 5.41) is 10.1. The van der Waals surface area contributed by atoms with Gasteiger partial charge in [0.15, 0.2) is 5.13 Å². The van der Waals surface area contributed by atoms with Crippen LogP contribution in [0.3, 0.4) is 0 Å². The van der Waals surface area contributed by atoms with E-state index in [4.69, 9.17) is 9.41 Å². The number of nitrogens with one attached hydrogen (secondary N) is 2. The normalized spacial score (nSPS) is 19.3. The van der Waals surface area contributed by atoms with E-state index < -0.39 is 6.04 Å². The molecule has 0 radical (unpaired) electrons. The summed E-state index contributed by atoms with van der Waals surface area (Å²) < 4.78 is 5.68. The van der Waals surface area contributed by atoms with Gasteiger partial charge in [-0.2, -0.15) is 0 Å². The van der Waals surface area contributed by atoms with Crippen molar-refractivity contribution in [1.82, 2.24) is 14.8 Å². The Hall–Kier alpha value is -3.40. The SMILES string of the molecule is Cc1cc2cc(NC(=N[C@H]3CCCCN(CC(=O)N4CCCC4)C3=O)Nc3nccs3)ccc2o1. The smallest absolute Gasteiger partial charge is 0.247 e. The molecule has 9 nitrogen and oxygen atoms in total. The van der Waals surface area contributed by atoms with Gasteiger partial charge < -0.3 is 24.9 Å². The molecule has 1 aromatic carbocycles. The minimum atomic E-state index is -0.571. The van der Waals surface area contributed by atoms with Crippen molar-refractivity contribution in [2.24, 2.45) is 4.99 Å². The number of anilines is 2. The number of carbonyl (C=O) groups is 2. The number of aryl methyl sites for hydroxylation is 1. The summed E-state index contributed by atoms with van der Waals surface area (Å²) in [5.41, 5.74) is 1.64. The van der Waals surface area contributed by atoms with Crippen molar-refractivity contribution in [3.8, 4) is 0 Å². The van der Waals surface area contributed by atoms with Crippen LogP contribution in [0.4, 0.5) is 10.8 Å². The standard InChI is InChI=1S/C25H30N6O3S/c1-17-14-18-15-19(7-8-21(18)34-17)27-24(29-25-26-9-13-35-25)28-20-6-2-3-12-31(23(20)33)16-22(32)30-10-4-5-11-30/h7-9,13-15,20H,2-6,10-12,16H2,1H3,(H2,26,27,28,29)/t20-/m0/s1. The van der Waals surface area contributed by atoms with Crippen molar-refractivity contribution in [2.75, 3.05) is 36.8 Å². The van der Waals surface area contributed by atoms with Gasteiger partial charge in [0, 0.05) is 42.3 Å². The number of likely N-dealkylation sites (tertiary alicyclic amines) is 2. The molecule has 184 valence electrons. The lowest BCUT2D eigenvalue weighted by molar-refractivity contribution is -0.140. The molecule has 0 bridgehead atoms. The van der Waals surface area contributed by atoms with Crippen molar-refractivity contribution < 1.29 is 14.0 Å². The van der Waals surface area contributed by atoms with Crippen molar-refractivity contribution in [3.05, 3.63) is 41.6 Å². The number of benzene rings is 1. The van der Waals surface area contributed by atoms with E-state index >= 15 is 0 Å². The van der Waals surface area contributed by atoms with Gasteiger partial charge in [0.25, 0.3) is 0 Å². The van der Waals surface area contributed by atoms with Crippen molar-refractivity contribution in [1.29, 1.82) is 0 Å². The second-order valence-corrected chi connectivity index (χ2v) is 9.93. The van der Waals surface area contributed by atoms with Gasteiger partial charge in [0.1, 0.15) is 17.4 Å². The Labute approximate surface area is 208 Å². The highest BCUT2D eigenvalue weighted by atomic mass is 32.1. The number of aromatic nitrogens is 1. The summed E-state index contributed by atoms with van der Waals surface area (Å²) in [7, 11) is 0. The Morgan fingerprint density at radius 3 is 2.80 bits per heavy atom. The first-order chi connectivity index (χ1) is 17.0. The molecular weight excluding hydrogens is 464 g/mol. The largest absolute Gasteiger partial charge is 0.461 e. The number of hydrogen-bond donors (Lipinski definition) is 2. The Morgan fingerprint density at radius 1 is 1.17 bits per heavy atom. The van der Waals surface area contributed by atoms with Crippen LogP contribution in [0.5, 0.6) is 0 Å². The third-order valence-electron chi connectivity index (χ3n) is 6.38. The van der Waals surface area contributed by atoms with Crippen molar-refractivity contribution >= 4 is 50.9 Å². The molecule has 2 aliphatic rings. The number of fused-ring (bicyclic) bond motifs is 1. The summed E-state index contributed by atoms with van der Waals surface area (Å²) in [6.07, 6.45) is 6.16. The van der Waals surface area contributed by atoms with Crippen LogP contribution in [0.15, 0.2) is 45.3 Å². The zero-order valence-corrected chi connectivity index (χ0v) is 20.6. The fourth-order valence-electron chi connectivity index (χ4n) is 4.62. The molecular formula is C25H30N6O3S. The molecule has 0 aliphatic carbocycles. The van der Waals surface area contributed by atoms with Crippen LogP contribution < -0.4 is 10.6 Å². The molecule has 0 saturated carbocycles. The van der Waals surface area contributed by atoms with Crippen LogP contribution in [0.25, 0.3) is 11.0 Å². The van der Waals surface area contributed by atoms with Gasteiger partial charge >= 0.3 is 0 Å².